The van der Waals surface area contributed by atoms with Crippen LogP contribution in [0.2, 0.25) is 5.02 Å². The zero-order valence-corrected chi connectivity index (χ0v) is 10.5. The van der Waals surface area contributed by atoms with Crippen LogP contribution >= 0.6 is 11.6 Å². The molecule has 88 valence electrons. The average molecular weight is 251 g/mol. The van der Waals surface area contributed by atoms with Crippen molar-refractivity contribution in [1.82, 2.24) is 20.0 Å². The number of hydrogen-bond acceptors (Lipinski definition) is 4. The number of aromatic nitrogens is 4. The van der Waals surface area contributed by atoms with E-state index >= 15 is 0 Å². The summed E-state index contributed by atoms with van der Waals surface area (Å²) < 4.78 is 1.46. The summed E-state index contributed by atoms with van der Waals surface area (Å²) >= 11 is 5.94. The first kappa shape index (κ1) is 11.7. The van der Waals surface area contributed by atoms with Crippen LogP contribution in [0.25, 0.3) is 0 Å². The number of carbonyl (C=O) groups excluding carboxylic acids is 1. The van der Waals surface area contributed by atoms with E-state index in [1.54, 1.807) is 27.0 Å². The molecule has 2 aromatic heterocycles. The molecule has 2 rings (SSSR count). The van der Waals surface area contributed by atoms with E-state index in [-0.39, 0.29) is 5.78 Å². The van der Waals surface area contributed by atoms with Gasteiger partial charge in [0.15, 0.2) is 0 Å². The highest BCUT2D eigenvalue weighted by atomic mass is 35.5. The van der Waals surface area contributed by atoms with E-state index in [2.05, 4.69) is 15.3 Å². The molecule has 0 aliphatic rings. The van der Waals surface area contributed by atoms with Gasteiger partial charge in [-0.1, -0.05) is 11.6 Å². The molecule has 0 spiro atoms. The lowest BCUT2D eigenvalue weighted by Crippen LogP contribution is -2.12. The Kier molecular flexibility index (Phi) is 2.93. The minimum atomic E-state index is -0.189. The fourth-order valence-corrected chi connectivity index (χ4v) is 1.83. The van der Waals surface area contributed by atoms with Gasteiger partial charge in [-0.3, -0.25) is 9.48 Å². The van der Waals surface area contributed by atoms with Gasteiger partial charge in [-0.25, -0.2) is 0 Å². The third-order valence-corrected chi connectivity index (χ3v) is 2.73. The molecule has 0 radical (unpaired) electrons. The number of ketones is 1. The normalized spacial score (nSPS) is 10.6. The first-order valence-electron chi connectivity index (χ1n) is 5.04. The van der Waals surface area contributed by atoms with Crippen LogP contribution in [0.1, 0.15) is 27.4 Å². The Labute approximate surface area is 103 Å². The molecule has 0 unspecified atom stereocenters. The van der Waals surface area contributed by atoms with Crippen molar-refractivity contribution in [2.75, 3.05) is 0 Å². The Morgan fingerprint density at radius 3 is 2.65 bits per heavy atom. The second-order valence-corrected chi connectivity index (χ2v) is 4.19. The van der Waals surface area contributed by atoms with Crippen LogP contribution in [-0.4, -0.2) is 25.8 Å². The molecular weight excluding hydrogens is 240 g/mol. The minimum absolute atomic E-state index is 0.189. The van der Waals surface area contributed by atoms with Crippen LogP contribution in [0.15, 0.2) is 12.3 Å². The number of halogens is 1. The molecule has 0 saturated carbocycles. The van der Waals surface area contributed by atoms with Crippen LogP contribution in [0.4, 0.5) is 0 Å². The molecule has 0 N–H and O–H groups in total. The maximum atomic E-state index is 12.3. The third-order valence-electron chi connectivity index (χ3n) is 2.45. The maximum Gasteiger partial charge on any atom is 0.214 e. The molecule has 0 aliphatic carbocycles. The highest BCUT2D eigenvalue weighted by molar-refractivity contribution is 6.34. The van der Waals surface area contributed by atoms with E-state index in [4.69, 9.17) is 11.6 Å². The van der Waals surface area contributed by atoms with E-state index in [0.717, 1.165) is 0 Å². The molecule has 0 atom stereocenters. The SMILES string of the molecule is Cc1cc(C(=O)c2c(Cl)cnn2C)c(C)nn1. The Hall–Kier alpha value is -1.75. The molecule has 0 aromatic carbocycles. The second-order valence-electron chi connectivity index (χ2n) is 3.78. The van der Waals surface area contributed by atoms with Crippen LogP contribution in [0.5, 0.6) is 0 Å². The van der Waals surface area contributed by atoms with E-state index in [1.165, 1.54) is 10.9 Å². The van der Waals surface area contributed by atoms with Crippen molar-refractivity contribution >= 4 is 17.4 Å². The molecule has 0 saturated heterocycles. The van der Waals surface area contributed by atoms with Crippen molar-refractivity contribution in [1.29, 1.82) is 0 Å². The summed E-state index contributed by atoms with van der Waals surface area (Å²) in [6.45, 7) is 3.53. The molecule has 0 bridgehead atoms. The summed E-state index contributed by atoms with van der Waals surface area (Å²) in [4.78, 5) is 12.3. The first-order chi connectivity index (χ1) is 8.00. The molecule has 17 heavy (non-hydrogen) atoms. The summed E-state index contributed by atoms with van der Waals surface area (Å²) in [5.74, 6) is -0.189. The Morgan fingerprint density at radius 2 is 2.06 bits per heavy atom. The lowest BCUT2D eigenvalue weighted by atomic mass is 10.1. The van der Waals surface area contributed by atoms with Gasteiger partial charge in [0.1, 0.15) is 5.69 Å². The molecule has 6 heteroatoms. The fourth-order valence-electron chi connectivity index (χ4n) is 1.57. The monoisotopic (exact) mass is 250 g/mol. The van der Waals surface area contributed by atoms with Crippen LogP contribution in [-0.2, 0) is 7.05 Å². The highest BCUT2D eigenvalue weighted by Gasteiger charge is 2.20. The summed E-state index contributed by atoms with van der Waals surface area (Å²) in [6.07, 6.45) is 1.45. The first-order valence-corrected chi connectivity index (χ1v) is 5.41. The van der Waals surface area contributed by atoms with Gasteiger partial charge in [0.2, 0.25) is 5.78 Å². The van der Waals surface area contributed by atoms with E-state index in [1.807, 2.05) is 0 Å². The standard InChI is InChI=1S/C11H11ClN4O/c1-6-4-8(7(2)15-14-6)11(17)10-9(12)5-13-16(10)3/h4-5H,1-3H3. The number of hydrogen-bond donors (Lipinski definition) is 0. The van der Waals surface area contributed by atoms with Crippen molar-refractivity contribution in [2.24, 2.45) is 7.05 Å². The zero-order valence-electron chi connectivity index (χ0n) is 9.73. The lowest BCUT2D eigenvalue weighted by Gasteiger charge is -2.05. The largest absolute Gasteiger partial charge is 0.287 e. The Morgan fingerprint density at radius 1 is 1.35 bits per heavy atom. The molecule has 2 aromatic rings. The lowest BCUT2D eigenvalue weighted by molar-refractivity contribution is 0.102. The van der Waals surface area contributed by atoms with Gasteiger partial charge in [0.25, 0.3) is 0 Å². The van der Waals surface area contributed by atoms with Gasteiger partial charge < -0.3 is 0 Å². The highest BCUT2D eigenvalue weighted by Crippen LogP contribution is 2.19. The van der Waals surface area contributed by atoms with Crippen molar-refractivity contribution in [3.63, 3.8) is 0 Å². The van der Waals surface area contributed by atoms with Crippen LogP contribution < -0.4 is 0 Å². The number of nitrogens with zero attached hydrogens (tertiary/aromatic N) is 4. The second kappa shape index (κ2) is 4.25. The van der Waals surface area contributed by atoms with Crippen molar-refractivity contribution in [3.05, 3.63) is 39.9 Å². The predicted molar refractivity (Wildman–Crippen MR) is 63.2 cm³/mol. The van der Waals surface area contributed by atoms with Gasteiger partial charge in [0, 0.05) is 12.6 Å². The van der Waals surface area contributed by atoms with Gasteiger partial charge in [-0.05, 0) is 19.9 Å². The van der Waals surface area contributed by atoms with E-state index in [0.29, 0.717) is 27.7 Å². The van der Waals surface area contributed by atoms with Crippen LogP contribution in [0.3, 0.4) is 0 Å². The number of rotatable bonds is 2. The molecule has 2 heterocycles. The predicted octanol–water partition coefficient (Wildman–Crippen LogP) is 1.71. The number of aryl methyl sites for hydroxylation is 3. The van der Waals surface area contributed by atoms with Gasteiger partial charge in [0.05, 0.1) is 22.6 Å². The molecule has 5 nitrogen and oxygen atoms in total. The third kappa shape index (κ3) is 2.06. The molecule has 0 amide bonds. The van der Waals surface area contributed by atoms with Crippen molar-refractivity contribution in [2.45, 2.75) is 13.8 Å². The van der Waals surface area contributed by atoms with Gasteiger partial charge in [-0.2, -0.15) is 15.3 Å². The Balaban J connectivity index is 2.55. The van der Waals surface area contributed by atoms with E-state index in [9.17, 15) is 4.79 Å². The van der Waals surface area contributed by atoms with E-state index < -0.39 is 0 Å². The summed E-state index contributed by atoms with van der Waals surface area (Å²) in [7, 11) is 1.68. The van der Waals surface area contributed by atoms with Crippen molar-refractivity contribution in [3.8, 4) is 0 Å². The van der Waals surface area contributed by atoms with Gasteiger partial charge >= 0.3 is 0 Å². The van der Waals surface area contributed by atoms with Crippen LogP contribution in [0, 0.1) is 13.8 Å². The number of carbonyl (C=O) groups is 1. The molecule has 0 fully saturated rings. The van der Waals surface area contributed by atoms with Crippen molar-refractivity contribution < 1.29 is 4.79 Å². The smallest absolute Gasteiger partial charge is 0.214 e. The maximum absolute atomic E-state index is 12.3. The quantitative estimate of drug-likeness (QED) is 0.762. The summed E-state index contributed by atoms with van der Waals surface area (Å²) in [5, 5.41) is 12.1. The fraction of sp³-hybridized carbons (Fsp3) is 0.273. The minimum Gasteiger partial charge on any atom is -0.287 e. The molecular formula is C11H11ClN4O. The summed E-state index contributed by atoms with van der Waals surface area (Å²) in [6, 6.07) is 1.70. The topological polar surface area (TPSA) is 60.7 Å². The summed E-state index contributed by atoms with van der Waals surface area (Å²) in [5.41, 5.74) is 2.14. The zero-order chi connectivity index (χ0) is 12.6. The van der Waals surface area contributed by atoms with Gasteiger partial charge in [-0.15, -0.1) is 0 Å². The average Bonchev–Trinajstić information content (AvgIpc) is 2.61. The Bertz CT molecular complexity index is 572. The molecule has 0 aliphatic heterocycles.